The third-order valence-electron chi connectivity index (χ3n) is 4.14. The van der Waals surface area contributed by atoms with Gasteiger partial charge in [-0.05, 0) is 43.2 Å². The molecule has 2 N–H and O–H groups in total. The SMILES string of the molecule is CCNC(=O)NC1=Nc2ccccc2N=C(CC)[C@H]1c1ccc(Cl)cc1. The van der Waals surface area contributed by atoms with Gasteiger partial charge in [0.1, 0.15) is 5.84 Å². The summed E-state index contributed by atoms with van der Waals surface area (Å²) in [6.07, 6.45) is 0.734. The van der Waals surface area contributed by atoms with Crippen molar-refractivity contribution < 1.29 is 4.79 Å². The van der Waals surface area contributed by atoms with Gasteiger partial charge in [-0.1, -0.05) is 42.8 Å². The van der Waals surface area contributed by atoms with E-state index >= 15 is 0 Å². The van der Waals surface area contributed by atoms with Crippen molar-refractivity contribution in [1.82, 2.24) is 10.6 Å². The molecule has 0 aromatic heterocycles. The molecule has 6 heteroatoms. The standard InChI is InChI=1S/C20H21ClN4O/c1-3-15-18(13-9-11-14(21)12-10-13)19(25-20(26)22-4-2)24-17-8-6-5-7-16(17)23-15/h5-12,18H,3-4H2,1-2H3,(H2,22,24,25,26)/t18-/m1/s1. The molecular formula is C20H21ClN4O. The first kappa shape index (κ1) is 18.1. The van der Waals surface area contributed by atoms with E-state index in [-0.39, 0.29) is 11.9 Å². The molecule has 26 heavy (non-hydrogen) atoms. The molecule has 134 valence electrons. The number of carbonyl (C=O) groups is 1. The minimum Gasteiger partial charge on any atom is -0.338 e. The maximum absolute atomic E-state index is 12.2. The summed E-state index contributed by atoms with van der Waals surface area (Å²) in [5.74, 6) is 0.316. The molecule has 0 radical (unpaired) electrons. The summed E-state index contributed by atoms with van der Waals surface area (Å²) in [6.45, 7) is 4.47. The molecule has 0 aliphatic carbocycles. The van der Waals surface area contributed by atoms with Crippen LogP contribution in [0.1, 0.15) is 31.7 Å². The average Bonchev–Trinajstić information content (AvgIpc) is 2.79. The van der Waals surface area contributed by atoms with Gasteiger partial charge in [0.05, 0.1) is 17.3 Å². The predicted octanol–water partition coefficient (Wildman–Crippen LogP) is 4.97. The van der Waals surface area contributed by atoms with Crippen molar-refractivity contribution in [3.63, 3.8) is 0 Å². The Kier molecular flexibility index (Phi) is 5.68. The van der Waals surface area contributed by atoms with Gasteiger partial charge in [-0.15, -0.1) is 0 Å². The van der Waals surface area contributed by atoms with Gasteiger partial charge < -0.3 is 5.32 Å². The highest BCUT2D eigenvalue weighted by Gasteiger charge is 2.27. The van der Waals surface area contributed by atoms with Crippen molar-refractivity contribution in [2.24, 2.45) is 9.98 Å². The lowest BCUT2D eigenvalue weighted by molar-refractivity contribution is 0.245. The van der Waals surface area contributed by atoms with E-state index in [0.717, 1.165) is 29.1 Å². The van der Waals surface area contributed by atoms with Crippen LogP contribution < -0.4 is 10.6 Å². The summed E-state index contributed by atoms with van der Waals surface area (Å²) in [7, 11) is 0. The summed E-state index contributed by atoms with van der Waals surface area (Å²) in [5, 5.41) is 6.34. The molecular weight excluding hydrogens is 348 g/mol. The molecule has 1 heterocycles. The number of halogens is 1. The molecule has 0 bridgehead atoms. The second-order valence-corrected chi connectivity index (χ2v) is 6.35. The number of benzene rings is 2. The van der Waals surface area contributed by atoms with Crippen LogP contribution in [0.4, 0.5) is 16.2 Å². The van der Waals surface area contributed by atoms with Crippen LogP contribution in [0.15, 0.2) is 58.5 Å². The number of amidine groups is 1. The fourth-order valence-electron chi connectivity index (χ4n) is 2.93. The van der Waals surface area contributed by atoms with Gasteiger partial charge in [-0.3, -0.25) is 10.3 Å². The maximum Gasteiger partial charge on any atom is 0.320 e. The van der Waals surface area contributed by atoms with Gasteiger partial charge in [0.2, 0.25) is 0 Å². The molecule has 1 aliphatic rings. The van der Waals surface area contributed by atoms with E-state index in [2.05, 4.69) is 17.6 Å². The fraction of sp³-hybridized carbons (Fsp3) is 0.250. The molecule has 5 nitrogen and oxygen atoms in total. The van der Waals surface area contributed by atoms with Crippen LogP contribution in [-0.4, -0.2) is 24.1 Å². The van der Waals surface area contributed by atoms with Gasteiger partial charge in [0, 0.05) is 17.3 Å². The van der Waals surface area contributed by atoms with Crippen molar-refractivity contribution in [2.75, 3.05) is 6.54 Å². The van der Waals surface area contributed by atoms with Crippen molar-refractivity contribution in [3.8, 4) is 0 Å². The van der Waals surface area contributed by atoms with Crippen molar-refractivity contribution in [3.05, 3.63) is 59.1 Å². The number of hydrogen-bond acceptors (Lipinski definition) is 3. The molecule has 2 aromatic carbocycles. The van der Waals surface area contributed by atoms with E-state index in [9.17, 15) is 4.79 Å². The number of nitrogens with one attached hydrogen (secondary N) is 2. The first-order valence-electron chi connectivity index (χ1n) is 8.67. The Balaban J connectivity index is 2.13. The molecule has 0 unspecified atom stereocenters. The Morgan fingerprint density at radius 2 is 1.69 bits per heavy atom. The summed E-state index contributed by atoms with van der Waals surface area (Å²) in [5.41, 5.74) is 3.46. The fourth-order valence-corrected chi connectivity index (χ4v) is 3.06. The van der Waals surface area contributed by atoms with E-state index in [1.807, 2.05) is 55.5 Å². The highest BCUT2D eigenvalue weighted by Crippen LogP contribution is 2.35. The Morgan fingerprint density at radius 1 is 1.04 bits per heavy atom. The van der Waals surface area contributed by atoms with Crippen LogP contribution in [0.2, 0.25) is 5.02 Å². The minimum atomic E-state index is -0.278. The highest BCUT2D eigenvalue weighted by atomic mass is 35.5. The summed E-state index contributed by atoms with van der Waals surface area (Å²) < 4.78 is 0. The first-order chi connectivity index (χ1) is 12.6. The van der Waals surface area contributed by atoms with Crippen molar-refractivity contribution >= 4 is 40.6 Å². The van der Waals surface area contributed by atoms with Crippen LogP contribution in [0, 0.1) is 0 Å². The van der Waals surface area contributed by atoms with Gasteiger partial charge >= 0.3 is 6.03 Å². The van der Waals surface area contributed by atoms with Crippen LogP contribution in [0.5, 0.6) is 0 Å². The Labute approximate surface area is 158 Å². The number of hydrogen-bond donors (Lipinski definition) is 2. The topological polar surface area (TPSA) is 65.8 Å². The number of para-hydroxylation sites is 2. The molecule has 0 spiro atoms. The highest BCUT2D eigenvalue weighted by molar-refractivity contribution is 6.30. The van der Waals surface area contributed by atoms with Crippen molar-refractivity contribution in [2.45, 2.75) is 26.2 Å². The maximum atomic E-state index is 12.2. The van der Waals surface area contributed by atoms with Crippen LogP contribution in [0.3, 0.4) is 0 Å². The van der Waals surface area contributed by atoms with Crippen LogP contribution in [-0.2, 0) is 0 Å². The number of fused-ring (bicyclic) bond motifs is 1. The monoisotopic (exact) mass is 368 g/mol. The molecule has 1 atom stereocenters. The predicted molar refractivity (Wildman–Crippen MR) is 107 cm³/mol. The second-order valence-electron chi connectivity index (χ2n) is 5.91. The van der Waals surface area contributed by atoms with Crippen LogP contribution >= 0.6 is 11.6 Å². The number of nitrogens with zero attached hydrogens (tertiary/aromatic N) is 2. The molecule has 0 saturated carbocycles. The third-order valence-corrected chi connectivity index (χ3v) is 4.39. The number of rotatable bonds is 3. The number of carbonyl (C=O) groups excluding carboxylic acids is 1. The summed E-state index contributed by atoms with van der Waals surface area (Å²) >= 11 is 6.05. The molecule has 0 fully saturated rings. The molecule has 1 aliphatic heterocycles. The van der Waals surface area contributed by atoms with Crippen molar-refractivity contribution in [1.29, 1.82) is 0 Å². The van der Waals surface area contributed by atoms with Gasteiger partial charge in [-0.2, -0.15) is 0 Å². The molecule has 3 rings (SSSR count). The number of urea groups is 1. The third kappa shape index (κ3) is 3.94. The summed E-state index contributed by atoms with van der Waals surface area (Å²) in [4.78, 5) is 21.8. The zero-order valence-corrected chi connectivity index (χ0v) is 15.5. The van der Waals surface area contributed by atoms with E-state index in [1.54, 1.807) is 0 Å². The summed E-state index contributed by atoms with van der Waals surface area (Å²) in [6, 6.07) is 15.0. The van der Waals surface area contributed by atoms with Gasteiger partial charge in [0.15, 0.2) is 0 Å². The Hall–Kier alpha value is -2.66. The first-order valence-corrected chi connectivity index (χ1v) is 9.05. The smallest absolute Gasteiger partial charge is 0.320 e. The average molecular weight is 369 g/mol. The molecule has 0 saturated heterocycles. The quantitative estimate of drug-likeness (QED) is 0.789. The largest absolute Gasteiger partial charge is 0.338 e. The zero-order chi connectivity index (χ0) is 18.5. The van der Waals surface area contributed by atoms with Gasteiger partial charge in [-0.25, -0.2) is 9.79 Å². The Bertz CT molecular complexity index is 858. The lowest BCUT2D eigenvalue weighted by Crippen LogP contribution is -2.43. The lowest BCUT2D eigenvalue weighted by Gasteiger charge is -2.21. The lowest BCUT2D eigenvalue weighted by atomic mass is 9.91. The molecule has 2 amide bonds. The minimum absolute atomic E-state index is 0.243. The zero-order valence-electron chi connectivity index (χ0n) is 14.8. The second kappa shape index (κ2) is 8.15. The number of aliphatic imine (C=N–C) groups is 2. The van der Waals surface area contributed by atoms with E-state index in [0.29, 0.717) is 17.4 Å². The Morgan fingerprint density at radius 3 is 2.31 bits per heavy atom. The molecule has 2 aromatic rings. The van der Waals surface area contributed by atoms with E-state index in [4.69, 9.17) is 21.6 Å². The van der Waals surface area contributed by atoms with Gasteiger partial charge in [0.25, 0.3) is 0 Å². The number of amides is 2. The van der Waals surface area contributed by atoms with Crippen LogP contribution in [0.25, 0.3) is 0 Å². The van der Waals surface area contributed by atoms with E-state index < -0.39 is 0 Å². The van der Waals surface area contributed by atoms with E-state index in [1.165, 1.54) is 0 Å². The normalized spacial score (nSPS) is 16.0.